The van der Waals surface area contributed by atoms with Crippen molar-refractivity contribution in [2.75, 3.05) is 19.8 Å². The predicted octanol–water partition coefficient (Wildman–Crippen LogP) is 2.18. The summed E-state index contributed by atoms with van der Waals surface area (Å²) in [5.74, 6) is 0.0222. The van der Waals surface area contributed by atoms with Gasteiger partial charge >= 0.3 is 0 Å². The van der Waals surface area contributed by atoms with Crippen molar-refractivity contribution in [1.82, 2.24) is 5.32 Å². The van der Waals surface area contributed by atoms with E-state index in [1.54, 1.807) is 0 Å². The van der Waals surface area contributed by atoms with Gasteiger partial charge in [-0.1, -0.05) is 30.3 Å². The Labute approximate surface area is 131 Å². The second-order valence-electron chi connectivity index (χ2n) is 5.03. The fraction of sp³-hybridized carbons (Fsp3) is 0.333. The Kier molecular flexibility index (Phi) is 6.58. The summed E-state index contributed by atoms with van der Waals surface area (Å²) in [6.07, 6.45) is 4.71. The molecule has 4 heteroatoms. The summed E-state index contributed by atoms with van der Waals surface area (Å²) in [6.45, 7) is 4.37. The van der Waals surface area contributed by atoms with Crippen molar-refractivity contribution in [3.8, 4) is 11.1 Å². The number of pyridine rings is 1. The molecule has 116 valence electrons. The molecular weight excluding hydrogens is 276 g/mol. The Bertz CT molecular complexity index is 567. The van der Waals surface area contributed by atoms with Gasteiger partial charge < -0.3 is 10.1 Å². The van der Waals surface area contributed by atoms with E-state index in [1.165, 1.54) is 5.56 Å². The lowest BCUT2D eigenvalue weighted by Crippen LogP contribution is -2.42. The molecule has 0 bridgehead atoms. The number of amides is 1. The first kappa shape index (κ1) is 16.2. The van der Waals surface area contributed by atoms with E-state index < -0.39 is 0 Å². The standard InChI is InChI=1S/C18H22N2O2/c1-2-22-14-6-11-19-18(21)15-20-12-9-17(10-13-20)16-7-4-3-5-8-16/h3-5,7-10,12-13H,2,6,11,14-15H2,1H3/p+1. The molecule has 4 nitrogen and oxygen atoms in total. The number of hydrogen-bond acceptors (Lipinski definition) is 2. The van der Waals surface area contributed by atoms with Crippen LogP contribution in [0.15, 0.2) is 54.9 Å². The van der Waals surface area contributed by atoms with Crippen LogP contribution >= 0.6 is 0 Å². The molecule has 1 aromatic heterocycles. The van der Waals surface area contributed by atoms with Crippen molar-refractivity contribution in [2.24, 2.45) is 0 Å². The second kappa shape index (κ2) is 8.95. The molecular formula is C18H23N2O2+. The van der Waals surface area contributed by atoms with Crippen molar-refractivity contribution in [3.05, 3.63) is 54.9 Å². The maximum Gasteiger partial charge on any atom is 0.285 e. The molecule has 1 N–H and O–H groups in total. The lowest BCUT2D eigenvalue weighted by atomic mass is 10.1. The topological polar surface area (TPSA) is 42.2 Å². The zero-order valence-electron chi connectivity index (χ0n) is 13.0. The molecule has 0 radical (unpaired) electrons. The van der Waals surface area contributed by atoms with Crippen molar-refractivity contribution in [3.63, 3.8) is 0 Å². The minimum absolute atomic E-state index is 0.0222. The average Bonchev–Trinajstić information content (AvgIpc) is 2.56. The molecule has 1 heterocycles. The molecule has 1 amide bonds. The molecule has 0 atom stereocenters. The van der Waals surface area contributed by atoms with Crippen LogP contribution in [0.5, 0.6) is 0 Å². The fourth-order valence-electron chi connectivity index (χ4n) is 2.15. The largest absolute Gasteiger partial charge is 0.382 e. The Hall–Kier alpha value is -2.20. The average molecular weight is 299 g/mol. The first-order chi connectivity index (χ1) is 10.8. The van der Waals surface area contributed by atoms with Gasteiger partial charge in [-0.15, -0.1) is 0 Å². The van der Waals surface area contributed by atoms with Gasteiger partial charge in [0.05, 0.1) is 0 Å². The molecule has 0 aliphatic heterocycles. The molecule has 0 saturated heterocycles. The number of nitrogens with one attached hydrogen (secondary N) is 1. The number of benzene rings is 1. The van der Waals surface area contributed by atoms with E-state index >= 15 is 0 Å². The maximum atomic E-state index is 11.8. The summed E-state index contributed by atoms with van der Waals surface area (Å²) >= 11 is 0. The first-order valence-electron chi connectivity index (χ1n) is 7.68. The van der Waals surface area contributed by atoms with E-state index in [-0.39, 0.29) is 5.91 Å². The lowest BCUT2D eigenvalue weighted by Gasteiger charge is -2.04. The summed E-state index contributed by atoms with van der Waals surface area (Å²) in [7, 11) is 0. The highest BCUT2D eigenvalue weighted by Crippen LogP contribution is 2.16. The zero-order valence-corrected chi connectivity index (χ0v) is 13.0. The number of aromatic nitrogens is 1. The summed E-state index contributed by atoms with van der Waals surface area (Å²) in [4.78, 5) is 11.8. The van der Waals surface area contributed by atoms with Crippen molar-refractivity contribution in [2.45, 2.75) is 19.9 Å². The molecule has 2 rings (SSSR count). The molecule has 22 heavy (non-hydrogen) atoms. The zero-order chi connectivity index (χ0) is 15.6. The van der Waals surface area contributed by atoms with Crippen LogP contribution in [0.25, 0.3) is 11.1 Å². The van der Waals surface area contributed by atoms with Crippen LogP contribution in [0.1, 0.15) is 13.3 Å². The molecule has 1 aromatic carbocycles. The molecule has 0 aliphatic carbocycles. The quantitative estimate of drug-likeness (QED) is 0.600. The van der Waals surface area contributed by atoms with Crippen LogP contribution in [0.4, 0.5) is 0 Å². The number of carbonyl (C=O) groups is 1. The van der Waals surface area contributed by atoms with E-state index in [1.807, 2.05) is 54.2 Å². The predicted molar refractivity (Wildman–Crippen MR) is 86.2 cm³/mol. The van der Waals surface area contributed by atoms with Crippen LogP contribution in [0.3, 0.4) is 0 Å². The van der Waals surface area contributed by atoms with E-state index in [0.29, 0.717) is 19.7 Å². The van der Waals surface area contributed by atoms with E-state index in [0.717, 1.165) is 18.6 Å². The van der Waals surface area contributed by atoms with Crippen molar-refractivity contribution >= 4 is 5.91 Å². The highest BCUT2D eigenvalue weighted by atomic mass is 16.5. The highest BCUT2D eigenvalue weighted by molar-refractivity contribution is 5.74. The fourth-order valence-corrected chi connectivity index (χ4v) is 2.15. The third-order valence-corrected chi connectivity index (χ3v) is 3.32. The number of nitrogens with zero attached hydrogens (tertiary/aromatic N) is 1. The molecule has 2 aromatic rings. The Morgan fingerprint density at radius 1 is 1.09 bits per heavy atom. The number of ether oxygens (including phenoxy) is 1. The number of carbonyl (C=O) groups excluding carboxylic acids is 1. The SMILES string of the molecule is CCOCCCNC(=O)C[n+]1ccc(-c2ccccc2)cc1. The monoisotopic (exact) mass is 299 g/mol. The lowest BCUT2D eigenvalue weighted by molar-refractivity contribution is -0.684. The van der Waals surface area contributed by atoms with Crippen LogP contribution in [-0.4, -0.2) is 25.7 Å². The smallest absolute Gasteiger partial charge is 0.285 e. The molecule has 0 fully saturated rings. The maximum absolute atomic E-state index is 11.8. The Morgan fingerprint density at radius 2 is 1.77 bits per heavy atom. The number of hydrogen-bond donors (Lipinski definition) is 1. The van der Waals surface area contributed by atoms with E-state index in [4.69, 9.17) is 4.74 Å². The minimum Gasteiger partial charge on any atom is -0.382 e. The van der Waals surface area contributed by atoms with Gasteiger partial charge in [-0.05, 0) is 24.5 Å². The van der Waals surface area contributed by atoms with Crippen LogP contribution < -0.4 is 9.88 Å². The van der Waals surface area contributed by atoms with Gasteiger partial charge in [-0.2, -0.15) is 4.57 Å². The van der Waals surface area contributed by atoms with Gasteiger partial charge in [-0.25, -0.2) is 0 Å². The summed E-state index contributed by atoms with van der Waals surface area (Å²) < 4.78 is 7.11. The summed E-state index contributed by atoms with van der Waals surface area (Å²) in [5, 5.41) is 2.90. The second-order valence-corrected chi connectivity index (χ2v) is 5.03. The van der Waals surface area contributed by atoms with Gasteiger partial charge in [0.2, 0.25) is 6.54 Å². The van der Waals surface area contributed by atoms with Gasteiger partial charge in [0.1, 0.15) is 0 Å². The molecule has 0 unspecified atom stereocenters. The number of rotatable bonds is 8. The molecule has 0 saturated carbocycles. The van der Waals surface area contributed by atoms with E-state index in [9.17, 15) is 4.79 Å². The van der Waals surface area contributed by atoms with Gasteiger partial charge in [0, 0.05) is 31.9 Å². The van der Waals surface area contributed by atoms with Crippen LogP contribution in [-0.2, 0) is 16.1 Å². The van der Waals surface area contributed by atoms with Crippen molar-refractivity contribution < 1.29 is 14.1 Å². The van der Waals surface area contributed by atoms with Crippen molar-refractivity contribution in [1.29, 1.82) is 0 Å². The van der Waals surface area contributed by atoms with Gasteiger partial charge in [-0.3, -0.25) is 4.79 Å². The van der Waals surface area contributed by atoms with Crippen LogP contribution in [0, 0.1) is 0 Å². The first-order valence-corrected chi connectivity index (χ1v) is 7.68. The minimum atomic E-state index is 0.0222. The summed E-state index contributed by atoms with van der Waals surface area (Å²) in [5.41, 5.74) is 2.32. The van der Waals surface area contributed by atoms with Crippen LogP contribution in [0.2, 0.25) is 0 Å². The molecule has 0 aliphatic rings. The Balaban J connectivity index is 1.80. The van der Waals surface area contributed by atoms with E-state index in [2.05, 4.69) is 17.4 Å². The van der Waals surface area contributed by atoms with Gasteiger partial charge in [0.25, 0.3) is 5.91 Å². The summed E-state index contributed by atoms with van der Waals surface area (Å²) in [6, 6.07) is 14.2. The molecule has 0 spiro atoms. The Morgan fingerprint density at radius 3 is 2.45 bits per heavy atom. The van der Waals surface area contributed by atoms with Gasteiger partial charge in [0.15, 0.2) is 12.4 Å². The third kappa shape index (κ3) is 5.30. The normalized spacial score (nSPS) is 10.4. The highest BCUT2D eigenvalue weighted by Gasteiger charge is 2.08. The third-order valence-electron chi connectivity index (χ3n) is 3.32.